The van der Waals surface area contributed by atoms with E-state index in [1.807, 2.05) is 30.3 Å². The summed E-state index contributed by atoms with van der Waals surface area (Å²) in [4.78, 5) is 14.5. The van der Waals surface area contributed by atoms with Crippen molar-refractivity contribution < 1.29 is 9.53 Å². The largest absolute Gasteiger partial charge is 0.457 e. The van der Waals surface area contributed by atoms with Crippen LogP contribution >= 0.6 is 12.2 Å². The van der Waals surface area contributed by atoms with Gasteiger partial charge >= 0.3 is 5.97 Å². The second-order valence-electron chi connectivity index (χ2n) is 3.47. The van der Waals surface area contributed by atoms with Gasteiger partial charge in [0.2, 0.25) is 0 Å². The summed E-state index contributed by atoms with van der Waals surface area (Å²) in [5, 5.41) is 0. The van der Waals surface area contributed by atoms with Crippen molar-refractivity contribution in [1.29, 1.82) is 0 Å². The summed E-state index contributed by atoms with van der Waals surface area (Å²) >= 11 is 5.00. The fourth-order valence-electron chi connectivity index (χ4n) is 1.38. The van der Waals surface area contributed by atoms with E-state index >= 15 is 0 Å². The van der Waals surface area contributed by atoms with E-state index in [1.165, 1.54) is 0 Å². The van der Waals surface area contributed by atoms with Gasteiger partial charge in [-0.1, -0.05) is 42.5 Å². The van der Waals surface area contributed by atoms with E-state index in [4.69, 9.17) is 17.0 Å². The number of carbonyl (C=O) groups is 1. The summed E-state index contributed by atoms with van der Waals surface area (Å²) in [5.74, 6) is -0.407. The third kappa shape index (κ3) is 3.01. The number of aromatic amines is 1. The Morgan fingerprint density at radius 2 is 1.94 bits per heavy atom. The number of hydrogen-bond acceptors (Lipinski definition) is 3. The fraction of sp³-hybridized carbons (Fsp3) is 0.0769. The topological polar surface area (TPSA) is 42.1 Å². The predicted octanol–water partition coefficient (Wildman–Crippen LogP) is 3.10. The maximum atomic E-state index is 11.7. The summed E-state index contributed by atoms with van der Waals surface area (Å²) < 4.78 is 5.56. The lowest BCUT2D eigenvalue weighted by Gasteiger charge is -2.04. The Hall–Kier alpha value is -1.94. The molecule has 0 radical (unpaired) electrons. The molecule has 3 nitrogen and oxygen atoms in total. The van der Waals surface area contributed by atoms with Gasteiger partial charge in [0.05, 0.1) is 5.56 Å². The average Bonchev–Trinajstić information content (AvgIpc) is 2.38. The highest BCUT2D eigenvalue weighted by molar-refractivity contribution is 7.71. The van der Waals surface area contributed by atoms with E-state index in [1.54, 1.807) is 18.3 Å². The Balaban J connectivity index is 2.04. The number of rotatable bonds is 3. The molecule has 0 atom stereocenters. The number of nitrogens with one attached hydrogen (secondary N) is 1. The molecule has 4 heteroatoms. The molecule has 0 bridgehead atoms. The quantitative estimate of drug-likeness (QED) is 0.667. The van der Waals surface area contributed by atoms with Crippen LogP contribution in [-0.2, 0) is 11.3 Å². The normalized spacial score (nSPS) is 9.88. The number of aromatic nitrogens is 1. The van der Waals surface area contributed by atoms with E-state index < -0.39 is 5.97 Å². The Kier molecular flexibility index (Phi) is 3.67. The first-order chi connectivity index (χ1) is 8.27. The molecule has 0 spiro atoms. The van der Waals surface area contributed by atoms with Gasteiger partial charge < -0.3 is 9.72 Å². The van der Waals surface area contributed by atoms with Gasteiger partial charge in [0.1, 0.15) is 11.2 Å². The highest BCUT2D eigenvalue weighted by atomic mass is 32.1. The van der Waals surface area contributed by atoms with Crippen molar-refractivity contribution in [3.8, 4) is 0 Å². The zero-order valence-electron chi connectivity index (χ0n) is 9.05. The summed E-state index contributed by atoms with van der Waals surface area (Å²) in [7, 11) is 0. The molecule has 86 valence electrons. The molecule has 0 aliphatic rings. The molecule has 0 saturated heterocycles. The molecule has 1 heterocycles. The Morgan fingerprint density at radius 3 is 2.65 bits per heavy atom. The lowest BCUT2D eigenvalue weighted by Crippen LogP contribution is -2.06. The Labute approximate surface area is 104 Å². The molecule has 0 aliphatic heterocycles. The number of H-pyrrole nitrogens is 1. The van der Waals surface area contributed by atoms with E-state index in [2.05, 4.69) is 4.98 Å². The van der Waals surface area contributed by atoms with E-state index in [0.717, 1.165) is 5.56 Å². The summed E-state index contributed by atoms with van der Waals surface area (Å²) in [6, 6.07) is 12.9. The number of esters is 1. The minimum Gasteiger partial charge on any atom is -0.457 e. The van der Waals surface area contributed by atoms with Crippen molar-refractivity contribution in [3.63, 3.8) is 0 Å². The molecule has 0 saturated carbocycles. The molecular formula is C13H11NO2S. The van der Waals surface area contributed by atoms with Gasteiger partial charge in [-0.05, 0) is 17.7 Å². The first-order valence-corrected chi connectivity index (χ1v) is 5.57. The molecule has 2 rings (SSSR count). The van der Waals surface area contributed by atoms with Gasteiger partial charge in [0, 0.05) is 6.20 Å². The maximum absolute atomic E-state index is 11.7. The second kappa shape index (κ2) is 5.41. The SMILES string of the molecule is O=C(OCc1ccccc1)c1ccc[nH]c1=S. The Bertz CT molecular complexity index is 563. The summed E-state index contributed by atoms with van der Waals surface area (Å²) in [6.45, 7) is 0.253. The van der Waals surface area contributed by atoms with Crippen molar-refractivity contribution >= 4 is 18.2 Å². The van der Waals surface area contributed by atoms with E-state index in [9.17, 15) is 4.79 Å². The van der Waals surface area contributed by atoms with Gasteiger partial charge in [0.15, 0.2) is 0 Å². The molecular weight excluding hydrogens is 234 g/mol. The van der Waals surface area contributed by atoms with Crippen LogP contribution in [0.25, 0.3) is 0 Å². The molecule has 1 N–H and O–H groups in total. The van der Waals surface area contributed by atoms with Gasteiger partial charge in [-0.2, -0.15) is 0 Å². The van der Waals surface area contributed by atoms with Crippen LogP contribution in [0.1, 0.15) is 15.9 Å². The predicted molar refractivity (Wildman–Crippen MR) is 67.2 cm³/mol. The zero-order chi connectivity index (χ0) is 12.1. The van der Waals surface area contributed by atoms with Crippen LogP contribution in [0.3, 0.4) is 0 Å². The molecule has 2 aromatic rings. The minimum absolute atomic E-state index is 0.253. The van der Waals surface area contributed by atoms with Crippen LogP contribution in [-0.4, -0.2) is 11.0 Å². The number of ether oxygens (including phenoxy) is 1. The Morgan fingerprint density at radius 1 is 1.18 bits per heavy atom. The van der Waals surface area contributed by atoms with Crippen LogP contribution in [0.15, 0.2) is 48.7 Å². The molecule has 0 amide bonds. The third-order valence-electron chi connectivity index (χ3n) is 2.25. The lowest BCUT2D eigenvalue weighted by molar-refractivity contribution is 0.0471. The highest BCUT2D eigenvalue weighted by Crippen LogP contribution is 2.06. The average molecular weight is 245 g/mol. The zero-order valence-corrected chi connectivity index (χ0v) is 9.87. The van der Waals surface area contributed by atoms with E-state index in [-0.39, 0.29) is 6.61 Å². The van der Waals surface area contributed by atoms with Crippen molar-refractivity contribution in [3.05, 3.63) is 64.4 Å². The lowest BCUT2D eigenvalue weighted by atomic mass is 10.2. The third-order valence-corrected chi connectivity index (χ3v) is 2.59. The number of hydrogen-bond donors (Lipinski definition) is 1. The second-order valence-corrected chi connectivity index (χ2v) is 3.88. The van der Waals surface area contributed by atoms with E-state index in [0.29, 0.717) is 10.2 Å². The van der Waals surface area contributed by atoms with Gasteiger partial charge in [-0.3, -0.25) is 0 Å². The molecule has 1 aromatic heterocycles. The molecule has 17 heavy (non-hydrogen) atoms. The standard InChI is InChI=1S/C13H11NO2S/c15-13(11-7-4-8-14-12(11)17)16-9-10-5-2-1-3-6-10/h1-8H,9H2,(H,14,17). The number of pyridine rings is 1. The first kappa shape index (κ1) is 11.5. The van der Waals surface area contributed by atoms with Gasteiger partial charge in [0.25, 0.3) is 0 Å². The van der Waals surface area contributed by atoms with Crippen molar-refractivity contribution in [2.45, 2.75) is 6.61 Å². The van der Waals surface area contributed by atoms with Crippen LogP contribution in [0, 0.1) is 4.64 Å². The molecule has 0 aliphatic carbocycles. The monoisotopic (exact) mass is 245 g/mol. The molecule has 0 fully saturated rings. The summed E-state index contributed by atoms with van der Waals surface area (Å²) in [5.41, 5.74) is 1.34. The molecule has 0 unspecified atom stereocenters. The van der Waals surface area contributed by atoms with Crippen LogP contribution in [0.5, 0.6) is 0 Å². The van der Waals surface area contributed by atoms with Gasteiger partial charge in [-0.25, -0.2) is 4.79 Å². The summed E-state index contributed by atoms with van der Waals surface area (Å²) in [6.07, 6.45) is 1.68. The smallest absolute Gasteiger partial charge is 0.341 e. The first-order valence-electron chi connectivity index (χ1n) is 5.16. The van der Waals surface area contributed by atoms with Crippen LogP contribution in [0.4, 0.5) is 0 Å². The number of carbonyl (C=O) groups excluding carboxylic acids is 1. The van der Waals surface area contributed by atoms with Crippen molar-refractivity contribution in [2.75, 3.05) is 0 Å². The maximum Gasteiger partial charge on any atom is 0.341 e. The van der Waals surface area contributed by atoms with Crippen molar-refractivity contribution in [1.82, 2.24) is 4.98 Å². The fourth-order valence-corrected chi connectivity index (χ4v) is 1.60. The van der Waals surface area contributed by atoms with Crippen LogP contribution in [0.2, 0.25) is 0 Å². The molecule has 1 aromatic carbocycles. The number of benzene rings is 1. The highest BCUT2D eigenvalue weighted by Gasteiger charge is 2.08. The minimum atomic E-state index is -0.407. The van der Waals surface area contributed by atoms with Crippen molar-refractivity contribution in [2.24, 2.45) is 0 Å². The van der Waals surface area contributed by atoms with Crippen LogP contribution < -0.4 is 0 Å². The van der Waals surface area contributed by atoms with Gasteiger partial charge in [-0.15, -0.1) is 0 Å².